The van der Waals surface area contributed by atoms with E-state index in [4.69, 9.17) is 16.3 Å². The zero-order valence-corrected chi connectivity index (χ0v) is 18.3. The summed E-state index contributed by atoms with van der Waals surface area (Å²) < 4.78 is 5.66. The summed E-state index contributed by atoms with van der Waals surface area (Å²) >= 11 is 6.13. The molecule has 0 saturated heterocycles. The van der Waals surface area contributed by atoms with E-state index in [2.05, 4.69) is 5.32 Å². The van der Waals surface area contributed by atoms with Gasteiger partial charge < -0.3 is 15.0 Å². The van der Waals surface area contributed by atoms with Crippen molar-refractivity contribution in [3.05, 3.63) is 64.7 Å². The quantitative estimate of drug-likeness (QED) is 0.673. The first kappa shape index (κ1) is 22.2. The summed E-state index contributed by atoms with van der Waals surface area (Å²) in [5.74, 6) is 0.0697. The standard InChI is InChI=1S/C24H29ClN2O3/c1-17-9-3-4-10-19(17)15-27(18(2)24(29)26-20-11-5-6-12-20)23(28)16-30-22-14-8-7-13-21(22)25/h3-4,7-10,13-14,18,20H,5-6,11-12,15-16H2,1-2H3,(H,26,29)/t18-/m0/s1. The van der Waals surface area contributed by atoms with Crippen LogP contribution in [-0.4, -0.2) is 35.4 Å². The summed E-state index contributed by atoms with van der Waals surface area (Å²) in [6, 6.07) is 14.5. The summed E-state index contributed by atoms with van der Waals surface area (Å²) in [5.41, 5.74) is 2.08. The predicted octanol–water partition coefficient (Wildman–Crippen LogP) is 4.50. The van der Waals surface area contributed by atoms with Crippen molar-refractivity contribution in [3.63, 3.8) is 0 Å². The van der Waals surface area contributed by atoms with E-state index < -0.39 is 6.04 Å². The summed E-state index contributed by atoms with van der Waals surface area (Å²) in [6.45, 7) is 3.94. The summed E-state index contributed by atoms with van der Waals surface area (Å²) in [4.78, 5) is 27.6. The summed E-state index contributed by atoms with van der Waals surface area (Å²) in [7, 11) is 0. The second-order valence-corrected chi connectivity index (χ2v) is 8.24. The van der Waals surface area contributed by atoms with Crippen LogP contribution in [0.25, 0.3) is 0 Å². The molecule has 1 atom stereocenters. The lowest BCUT2D eigenvalue weighted by Gasteiger charge is -2.30. The lowest BCUT2D eigenvalue weighted by molar-refractivity contribution is -0.142. The van der Waals surface area contributed by atoms with Crippen LogP contribution in [0, 0.1) is 6.92 Å². The molecule has 0 aliphatic heterocycles. The molecule has 2 aromatic rings. The molecule has 5 nitrogen and oxygen atoms in total. The van der Waals surface area contributed by atoms with Crippen molar-refractivity contribution in [1.29, 1.82) is 0 Å². The third-order valence-electron chi connectivity index (χ3n) is 5.66. The number of aryl methyl sites for hydroxylation is 1. The minimum atomic E-state index is -0.604. The van der Waals surface area contributed by atoms with E-state index in [1.54, 1.807) is 36.1 Å². The van der Waals surface area contributed by atoms with Gasteiger partial charge in [-0.25, -0.2) is 0 Å². The molecule has 1 saturated carbocycles. The van der Waals surface area contributed by atoms with E-state index in [-0.39, 0.29) is 24.5 Å². The van der Waals surface area contributed by atoms with Gasteiger partial charge in [-0.05, 0) is 49.9 Å². The van der Waals surface area contributed by atoms with Crippen molar-refractivity contribution in [2.45, 2.75) is 58.2 Å². The van der Waals surface area contributed by atoms with Gasteiger partial charge in [0.05, 0.1) is 5.02 Å². The number of ether oxygens (including phenoxy) is 1. The molecule has 2 amide bonds. The number of benzene rings is 2. The molecule has 3 rings (SSSR count). The Morgan fingerprint density at radius 1 is 1.13 bits per heavy atom. The minimum absolute atomic E-state index is 0.124. The molecule has 6 heteroatoms. The molecule has 1 N–H and O–H groups in total. The van der Waals surface area contributed by atoms with Gasteiger partial charge in [-0.3, -0.25) is 9.59 Å². The second-order valence-electron chi connectivity index (χ2n) is 7.83. The molecule has 2 aromatic carbocycles. The molecular formula is C24H29ClN2O3. The van der Waals surface area contributed by atoms with E-state index in [0.717, 1.165) is 36.8 Å². The fraction of sp³-hybridized carbons (Fsp3) is 0.417. The predicted molar refractivity (Wildman–Crippen MR) is 119 cm³/mol. The van der Waals surface area contributed by atoms with Crippen molar-refractivity contribution in [2.24, 2.45) is 0 Å². The van der Waals surface area contributed by atoms with E-state index in [9.17, 15) is 9.59 Å². The molecule has 0 spiro atoms. The first-order chi connectivity index (χ1) is 14.5. The van der Waals surface area contributed by atoms with E-state index in [1.807, 2.05) is 31.2 Å². The molecule has 30 heavy (non-hydrogen) atoms. The maximum atomic E-state index is 13.1. The number of hydrogen-bond donors (Lipinski definition) is 1. The van der Waals surface area contributed by atoms with Gasteiger partial charge in [0.15, 0.2) is 6.61 Å². The third-order valence-corrected chi connectivity index (χ3v) is 5.97. The molecule has 0 heterocycles. The number of carbonyl (C=O) groups is 2. The Balaban J connectivity index is 1.73. The highest BCUT2D eigenvalue weighted by Crippen LogP contribution is 2.23. The maximum Gasteiger partial charge on any atom is 0.261 e. The van der Waals surface area contributed by atoms with Crippen LogP contribution in [0.15, 0.2) is 48.5 Å². The first-order valence-corrected chi connectivity index (χ1v) is 10.8. The number of amides is 2. The fourth-order valence-electron chi connectivity index (χ4n) is 3.73. The topological polar surface area (TPSA) is 58.6 Å². The Kier molecular flexibility index (Phi) is 7.75. The zero-order valence-electron chi connectivity index (χ0n) is 17.6. The average Bonchev–Trinajstić information content (AvgIpc) is 3.25. The summed E-state index contributed by atoms with van der Waals surface area (Å²) in [5, 5.41) is 3.55. The molecule has 0 radical (unpaired) electrons. The van der Waals surface area contributed by atoms with Gasteiger partial charge in [0, 0.05) is 12.6 Å². The van der Waals surface area contributed by atoms with E-state index >= 15 is 0 Å². The van der Waals surface area contributed by atoms with Gasteiger partial charge in [0.1, 0.15) is 11.8 Å². The van der Waals surface area contributed by atoms with E-state index in [1.165, 1.54) is 0 Å². The van der Waals surface area contributed by atoms with Gasteiger partial charge in [-0.1, -0.05) is 60.8 Å². The Morgan fingerprint density at radius 3 is 2.50 bits per heavy atom. The highest BCUT2D eigenvalue weighted by molar-refractivity contribution is 6.32. The van der Waals surface area contributed by atoms with Crippen molar-refractivity contribution in [3.8, 4) is 5.75 Å². The van der Waals surface area contributed by atoms with Crippen LogP contribution in [-0.2, 0) is 16.1 Å². The van der Waals surface area contributed by atoms with Gasteiger partial charge >= 0.3 is 0 Å². The number of halogens is 1. The van der Waals surface area contributed by atoms with Crippen molar-refractivity contribution >= 4 is 23.4 Å². The Morgan fingerprint density at radius 2 is 1.80 bits per heavy atom. The maximum absolute atomic E-state index is 13.1. The number of carbonyl (C=O) groups excluding carboxylic acids is 2. The van der Waals surface area contributed by atoms with Gasteiger partial charge in [0.25, 0.3) is 5.91 Å². The molecule has 1 aliphatic rings. The van der Waals surface area contributed by atoms with Crippen LogP contribution < -0.4 is 10.1 Å². The van der Waals surface area contributed by atoms with Crippen LogP contribution in [0.5, 0.6) is 5.75 Å². The third kappa shape index (κ3) is 5.76. The Hall–Kier alpha value is -2.53. The van der Waals surface area contributed by atoms with Gasteiger partial charge in [-0.2, -0.15) is 0 Å². The van der Waals surface area contributed by atoms with Crippen LogP contribution in [0.4, 0.5) is 0 Å². The monoisotopic (exact) mass is 428 g/mol. The zero-order chi connectivity index (χ0) is 21.5. The molecule has 1 fully saturated rings. The van der Waals surface area contributed by atoms with Crippen molar-refractivity contribution in [1.82, 2.24) is 10.2 Å². The average molecular weight is 429 g/mol. The summed E-state index contributed by atoms with van der Waals surface area (Å²) in [6.07, 6.45) is 4.27. The van der Waals surface area contributed by atoms with Crippen LogP contribution >= 0.6 is 11.6 Å². The number of rotatable bonds is 8. The Bertz CT molecular complexity index is 880. The van der Waals surface area contributed by atoms with Crippen molar-refractivity contribution < 1.29 is 14.3 Å². The molecule has 0 unspecified atom stereocenters. The Labute approximate surface area is 183 Å². The fourth-order valence-corrected chi connectivity index (χ4v) is 3.92. The molecular weight excluding hydrogens is 400 g/mol. The molecule has 1 aliphatic carbocycles. The number of hydrogen-bond acceptors (Lipinski definition) is 3. The normalized spacial score (nSPS) is 14.9. The smallest absolute Gasteiger partial charge is 0.261 e. The number of nitrogens with zero attached hydrogens (tertiary/aromatic N) is 1. The van der Waals surface area contributed by atoms with Crippen LogP contribution in [0.3, 0.4) is 0 Å². The van der Waals surface area contributed by atoms with Crippen LogP contribution in [0.1, 0.15) is 43.7 Å². The molecule has 0 bridgehead atoms. The highest BCUT2D eigenvalue weighted by atomic mass is 35.5. The first-order valence-electron chi connectivity index (χ1n) is 10.5. The SMILES string of the molecule is Cc1ccccc1CN(C(=O)COc1ccccc1Cl)[C@@H](C)C(=O)NC1CCCC1. The molecule has 160 valence electrons. The van der Waals surface area contributed by atoms with Gasteiger partial charge in [0.2, 0.25) is 5.91 Å². The minimum Gasteiger partial charge on any atom is -0.482 e. The molecule has 0 aromatic heterocycles. The largest absolute Gasteiger partial charge is 0.482 e. The van der Waals surface area contributed by atoms with E-state index in [0.29, 0.717) is 17.3 Å². The number of nitrogens with one attached hydrogen (secondary N) is 1. The lowest BCUT2D eigenvalue weighted by atomic mass is 10.1. The second kappa shape index (κ2) is 10.5. The van der Waals surface area contributed by atoms with Crippen LogP contribution in [0.2, 0.25) is 5.02 Å². The highest BCUT2D eigenvalue weighted by Gasteiger charge is 2.29. The lowest BCUT2D eigenvalue weighted by Crippen LogP contribution is -2.50. The van der Waals surface area contributed by atoms with Crippen molar-refractivity contribution in [2.75, 3.05) is 6.61 Å². The number of para-hydroxylation sites is 1. The van der Waals surface area contributed by atoms with Gasteiger partial charge in [-0.15, -0.1) is 0 Å².